The highest BCUT2D eigenvalue weighted by atomic mass is 79.9. The number of sulfonamides is 1. The molecular formula is C14H20BrNO4S. The second-order valence-corrected chi connectivity index (χ2v) is 7.76. The molecule has 0 radical (unpaired) electrons. The van der Waals surface area contributed by atoms with E-state index in [4.69, 9.17) is 5.11 Å². The number of nitrogens with one attached hydrogen (secondary N) is 1. The number of benzene rings is 1. The molecule has 21 heavy (non-hydrogen) atoms. The maximum Gasteiger partial charge on any atom is 0.335 e. The van der Waals surface area contributed by atoms with Gasteiger partial charge in [0.15, 0.2) is 0 Å². The molecule has 0 aliphatic heterocycles. The first-order valence-electron chi connectivity index (χ1n) is 6.63. The predicted molar refractivity (Wildman–Crippen MR) is 85.1 cm³/mol. The summed E-state index contributed by atoms with van der Waals surface area (Å²) >= 11 is 3.22. The van der Waals surface area contributed by atoms with Crippen molar-refractivity contribution in [2.24, 2.45) is 0 Å². The van der Waals surface area contributed by atoms with E-state index in [1.165, 1.54) is 12.1 Å². The minimum atomic E-state index is -3.79. The molecule has 0 atom stereocenters. The van der Waals surface area contributed by atoms with Crippen molar-refractivity contribution in [3.8, 4) is 0 Å². The zero-order valence-corrected chi connectivity index (χ0v) is 14.9. The number of carbonyl (C=O) groups is 1. The van der Waals surface area contributed by atoms with Crippen LogP contribution in [0, 0.1) is 6.92 Å². The first kappa shape index (κ1) is 18.1. The van der Waals surface area contributed by atoms with Gasteiger partial charge in [-0.2, -0.15) is 0 Å². The first-order chi connectivity index (χ1) is 9.56. The Labute approximate surface area is 133 Å². The van der Waals surface area contributed by atoms with Crippen LogP contribution in [-0.2, 0) is 10.0 Å². The van der Waals surface area contributed by atoms with Gasteiger partial charge in [0.25, 0.3) is 0 Å². The van der Waals surface area contributed by atoms with Gasteiger partial charge in [0.2, 0.25) is 10.0 Å². The smallest absolute Gasteiger partial charge is 0.335 e. The summed E-state index contributed by atoms with van der Waals surface area (Å²) in [5, 5.41) is 9.08. The summed E-state index contributed by atoms with van der Waals surface area (Å²) in [5.41, 5.74) is -0.138. The summed E-state index contributed by atoms with van der Waals surface area (Å²) in [6.45, 7) is 7.28. The summed E-state index contributed by atoms with van der Waals surface area (Å²) in [6.07, 6.45) is 1.28. The van der Waals surface area contributed by atoms with Crippen molar-refractivity contribution in [2.75, 3.05) is 0 Å². The molecule has 0 saturated heterocycles. The van der Waals surface area contributed by atoms with E-state index in [0.717, 1.165) is 0 Å². The van der Waals surface area contributed by atoms with Crippen LogP contribution in [0.1, 0.15) is 49.5 Å². The lowest BCUT2D eigenvalue weighted by Gasteiger charge is -2.28. The van der Waals surface area contributed by atoms with Gasteiger partial charge in [-0.3, -0.25) is 0 Å². The SMILES string of the molecule is CCC(C)(CC)NS(=O)(=O)c1cc(C(=O)O)cc(Br)c1C. The quantitative estimate of drug-likeness (QED) is 0.796. The highest BCUT2D eigenvalue weighted by Gasteiger charge is 2.29. The molecule has 1 aromatic carbocycles. The Morgan fingerprint density at radius 2 is 1.86 bits per heavy atom. The van der Waals surface area contributed by atoms with Crippen LogP contribution >= 0.6 is 15.9 Å². The second-order valence-electron chi connectivity index (χ2n) is 5.26. The number of carboxylic acid groups (broad SMARTS) is 1. The first-order valence-corrected chi connectivity index (χ1v) is 8.91. The third-order valence-corrected chi connectivity index (χ3v) is 6.36. The van der Waals surface area contributed by atoms with E-state index in [-0.39, 0.29) is 10.5 Å². The predicted octanol–water partition coefficient (Wildman–Crippen LogP) is 3.31. The van der Waals surface area contributed by atoms with Crippen LogP contribution in [0.4, 0.5) is 0 Å². The summed E-state index contributed by atoms with van der Waals surface area (Å²) < 4.78 is 28.3. The fraction of sp³-hybridized carbons (Fsp3) is 0.500. The maximum atomic E-state index is 12.6. The number of aromatic carboxylic acids is 1. The Hall–Kier alpha value is -0.920. The number of hydrogen-bond donors (Lipinski definition) is 2. The van der Waals surface area contributed by atoms with Gasteiger partial charge in [-0.05, 0) is 44.4 Å². The molecule has 0 bridgehead atoms. The Morgan fingerprint density at radius 3 is 2.29 bits per heavy atom. The fourth-order valence-electron chi connectivity index (χ4n) is 1.83. The molecule has 7 heteroatoms. The fourth-order valence-corrected chi connectivity index (χ4v) is 4.26. The van der Waals surface area contributed by atoms with Gasteiger partial charge in [-0.15, -0.1) is 0 Å². The molecule has 0 aliphatic carbocycles. The standard InChI is InChI=1S/C14H20BrNO4S/c1-5-14(4,6-2)16-21(19,20)12-8-10(13(17)18)7-11(15)9(12)3/h7-8,16H,5-6H2,1-4H3,(H,17,18). The maximum absolute atomic E-state index is 12.6. The molecule has 0 aliphatic rings. The van der Waals surface area contributed by atoms with Gasteiger partial charge in [0.05, 0.1) is 10.5 Å². The Balaban J connectivity index is 3.41. The average Bonchev–Trinajstić information content (AvgIpc) is 2.40. The topological polar surface area (TPSA) is 83.5 Å². The summed E-state index contributed by atoms with van der Waals surface area (Å²) in [7, 11) is -3.79. The lowest BCUT2D eigenvalue weighted by atomic mass is 9.98. The molecule has 0 spiro atoms. The van der Waals surface area contributed by atoms with Gasteiger partial charge in [-0.25, -0.2) is 17.9 Å². The van der Waals surface area contributed by atoms with Crippen molar-refractivity contribution in [1.29, 1.82) is 0 Å². The monoisotopic (exact) mass is 377 g/mol. The molecule has 0 saturated carbocycles. The van der Waals surface area contributed by atoms with Crippen LogP contribution in [0.25, 0.3) is 0 Å². The molecule has 0 heterocycles. The lowest BCUT2D eigenvalue weighted by molar-refractivity contribution is 0.0696. The van der Waals surface area contributed by atoms with E-state index < -0.39 is 21.5 Å². The van der Waals surface area contributed by atoms with E-state index in [0.29, 0.717) is 22.9 Å². The number of rotatable bonds is 6. The summed E-state index contributed by atoms with van der Waals surface area (Å²) in [4.78, 5) is 11.1. The molecule has 0 fully saturated rings. The second kappa shape index (κ2) is 6.46. The van der Waals surface area contributed by atoms with E-state index in [1.807, 2.05) is 20.8 Å². The molecule has 0 aromatic heterocycles. The van der Waals surface area contributed by atoms with Gasteiger partial charge in [-0.1, -0.05) is 29.8 Å². The van der Waals surface area contributed by atoms with Crippen molar-refractivity contribution in [3.05, 3.63) is 27.7 Å². The zero-order valence-electron chi connectivity index (χ0n) is 12.5. The number of carboxylic acids is 1. The normalized spacial score (nSPS) is 12.4. The molecule has 0 amide bonds. The Morgan fingerprint density at radius 1 is 1.33 bits per heavy atom. The van der Waals surface area contributed by atoms with Crippen molar-refractivity contribution < 1.29 is 18.3 Å². The van der Waals surface area contributed by atoms with Crippen LogP contribution in [0.15, 0.2) is 21.5 Å². The minimum absolute atomic E-state index is 0.0117. The van der Waals surface area contributed by atoms with Gasteiger partial charge in [0, 0.05) is 10.0 Å². The van der Waals surface area contributed by atoms with Crippen molar-refractivity contribution in [1.82, 2.24) is 4.72 Å². The highest BCUT2D eigenvalue weighted by molar-refractivity contribution is 9.10. The largest absolute Gasteiger partial charge is 0.478 e. The van der Waals surface area contributed by atoms with Crippen molar-refractivity contribution in [2.45, 2.75) is 51.0 Å². The third kappa shape index (κ3) is 4.05. The number of halogens is 1. The van der Waals surface area contributed by atoms with Gasteiger partial charge >= 0.3 is 5.97 Å². The van der Waals surface area contributed by atoms with Gasteiger partial charge in [0.1, 0.15) is 0 Å². The highest BCUT2D eigenvalue weighted by Crippen LogP contribution is 2.27. The third-order valence-electron chi connectivity index (χ3n) is 3.77. The van der Waals surface area contributed by atoms with Crippen molar-refractivity contribution in [3.63, 3.8) is 0 Å². The molecule has 1 rings (SSSR count). The van der Waals surface area contributed by atoms with Crippen LogP contribution in [0.5, 0.6) is 0 Å². The number of hydrogen-bond acceptors (Lipinski definition) is 3. The zero-order chi connectivity index (χ0) is 16.4. The molecule has 5 nitrogen and oxygen atoms in total. The Bertz CT molecular complexity index is 651. The van der Waals surface area contributed by atoms with Crippen LogP contribution in [0.3, 0.4) is 0 Å². The molecule has 118 valence electrons. The Kier molecular flexibility index (Phi) is 5.57. The van der Waals surface area contributed by atoms with Crippen LogP contribution < -0.4 is 4.72 Å². The van der Waals surface area contributed by atoms with Crippen LogP contribution in [-0.4, -0.2) is 25.0 Å². The average molecular weight is 378 g/mol. The van der Waals surface area contributed by atoms with Crippen LogP contribution in [0.2, 0.25) is 0 Å². The van der Waals surface area contributed by atoms with E-state index in [1.54, 1.807) is 6.92 Å². The summed E-state index contributed by atoms with van der Waals surface area (Å²) in [6, 6.07) is 2.59. The van der Waals surface area contributed by atoms with Crippen molar-refractivity contribution >= 4 is 31.9 Å². The molecule has 1 aromatic rings. The minimum Gasteiger partial charge on any atom is -0.478 e. The summed E-state index contributed by atoms with van der Waals surface area (Å²) in [5.74, 6) is -1.17. The van der Waals surface area contributed by atoms with E-state index in [2.05, 4.69) is 20.7 Å². The molecule has 2 N–H and O–H groups in total. The lowest BCUT2D eigenvalue weighted by Crippen LogP contribution is -2.45. The molecular weight excluding hydrogens is 358 g/mol. The van der Waals surface area contributed by atoms with Gasteiger partial charge < -0.3 is 5.11 Å². The van der Waals surface area contributed by atoms with E-state index in [9.17, 15) is 13.2 Å². The molecule has 0 unspecified atom stereocenters. The van der Waals surface area contributed by atoms with E-state index >= 15 is 0 Å².